The summed E-state index contributed by atoms with van der Waals surface area (Å²) in [5.41, 5.74) is 2.20. The van der Waals surface area contributed by atoms with Gasteiger partial charge >= 0.3 is 12.1 Å². The van der Waals surface area contributed by atoms with E-state index in [2.05, 4.69) is 20.9 Å². The van der Waals surface area contributed by atoms with Crippen LogP contribution in [0.3, 0.4) is 0 Å². The number of alkyl carbamates (subject to hydrolysis) is 1. The van der Waals surface area contributed by atoms with Crippen LogP contribution < -0.4 is 16.0 Å². The first-order chi connectivity index (χ1) is 25.5. The van der Waals surface area contributed by atoms with Crippen LogP contribution in [-0.2, 0) is 33.7 Å². The summed E-state index contributed by atoms with van der Waals surface area (Å²) in [6.45, 7) is 14.4. The number of aliphatic hydroxyl groups excluding tert-OH is 1. The van der Waals surface area contributed by atoms with Gasteiger partial charge in [-0.2, -0.15) is 0 Å². The molecule has 12 heteroatoms. The Morgan fingerprint density at radius 1 is 0.796 bits per heavy atom. The Hall–Kier alpha value is -4.97. The number of ether oxygens (including phenoxy) is 1. The molecule has 1 aliphatic rings. The van der Waals surface area contributed by atoms with Crippen molar-refractivity contribution in [3.05, 3.63) is 101 Å². The molecule has 5 atom stereocenters. The average molecular weight is 743 g/mol. The van der Waals surface area contributed by atoms with Crippen molar-refractivity contribution in [2.45, 2.75) is 105 Å². The molecular weight excluding hydrogens is 684 g/mol. The summed E-state index contributed by atoms with van der Waals surface area (Å²) in [6, 6.07) is 21.6. The SMILES string of the molecule is COC(=O)N[C@H](C(=O)N[C@@H](Cc1ccccc1)[C@@H](O)C[C@H](Cc1ccccc1)NC(=O)[C@@H](N1CCN(Cc2cccc(C)n2)C1=O)C(C)(C)C)C(C)(C)C. The fourth-order valence-corrected chi connectivity index (χ4v) is 6.97. The van der Waals surface area contributed by atoms with Crippen molar-refractivity contribution in [3.8, 4) is 0 Å². The number of urea groups is 1. The van der Waals surface area contributed by atoms with Gasteiger partial charge in [0.25, 0.3) is 0 Å². The molecule has 1 fully saturated rings. The molecule has 0 unspecified atom stereocenters. The summed E-state index contributed by atoms with van der Waals surface area (Å²) in [5.74, 6) is -0.791. The number of methoxy groups -OCH3 is 1. The molecule has 12 nitrogen and oxygen atoms in total. The fourth-order valence-electron chi connectivity index (χ4n) is 6.97. The number of aryl methyl sites for hydroxylation is 1. The van der Waals surface area contributed by atoms with Gasteiger partial charge in [0.1, 0.15) is 12.1 Å². The number of amides is 5. The number of carbonyl (C=O) groups is 4. The van der Waals surface area contributed by atoms with E-state index < -0.39 is 53.1 Å². The zero-order valence-electron chi connectivity index (χ0n) is 33.0. The van der Waals surface area contributed by atoms with Crippen molar-refractivity contribution < 1.29 is 29.0 Å². The molecule has 0 radical (unpaired) electrons. The number of aliphatic hydroxyl groups is 1. The van der Waals surface area contributed by atoms with Gasteiger partial charge in [-0.1, -0.05) is 108 Å². The summed E-state index contributed by atoms with van der Waals surface area (Å²) in [6.07, 6.45) is -1.05. The molecule has 4 N–H and O–H groups in total. The van der Waals surface area contributed by atoms with Crippen LogP contribution in [0.15, 0.2) is 78.9 Å². The summed E-state index contributed by atoms with van der Waals surface area (Å²) in [5, 5.41) is 20.9. The molecule has 0 spiro atoms. The first-order valence-electron chi connectivity index (χ1n) is 18.7. The average Bonchev–Trinajstić information content (AvgIpc) is 3.44. The lowest BCUT2D eigenvalue weighted by Gasteiger charge is -2.38. The van der Waals surface area contributed by atoms with Gasteiger partial charge in [0.2, 0.25) is 11.8 Å². The highest BCUT2D eigenvalue weighted by molar-refractivity contribution is 5.89. The number of aromatic nitrogens is 1. The first-order valence-corrected chi connectivity index (χ1v) is 18.7. The van der Waals surface area contributed by atoms with Crippen molar-refractivity contribution in [2.24, 2.45) is 10.8 Å². The Kier molecular flexibility index (Phi) is 14.2. The molecule has 1 saturated heterocycles. The van der Waals surface area contributed by atoms with Gasteiger partial charge in [-0.05, 0) is 60.3 Å². The smallest absolute Gasteiger partial charge is 0.407 e. The van der Waals surface area contributed by atoms with Crippen LogP contribution in [0.2, 0.25) is 0 Å². The monoisotopic (exact) mass is 742 g/mol. The van der Waals surface area contributed by atoms with Crippen molar-refractivity contribution in [1.82, 2.24) is 30.7 Å². The molecule has 0 bridgehead atoms. The van der Waals surface area contributed by atoms with Gasteiger partial charge in [-0.3, -0.25) is 14.6 Å². The Balaban J connectivity index is 1.60. The summed E-state index contributed by atoms with van der Waals surface area (Å²) in [4.78, 5) is 62.3. The van der Waals surface area contributed by atoms with Gasteiger partial charge < -0.3 is 35.6 Å². The lowest BCUT2D eigenvalue weighted by Crippen LogP contribution is -2.59. The quantitative estimate of drug-likeness (QED) is 0.171. The van der Waals surface area contributed by atoms with Crippen molar-refractivity contribution >= 4 is 23.9 Å². The molecule has 1 aromatic heterocycles. The van der Waals surface area contributed by atoms with E-state index in [4.69, 9.17) is 4.74 Å². The number of pyridine rings is 1. The molecule has 1 aliphatic heterocycles. The molecular formula is C42H58N6O6. The number of hydrogen-bond acceptors (Lipinski definition) is 7. The highest BCUT2D eigenvalue weighted by Gasteiger charge is 2.44. The van der Waals surface area contributed by atoms with Gasteiger partial charge in [0.15, 0.2) is 0 Å². The molecule has 2 aromatic carbocycles. The highest BCUT2D eigenvalue weighted by atomic mass is 16.5. The standard InChI is InChI=1S/C42H58N6O6/c1-28-16-15-21-31(43-28)27-47-22-23-48(40(47)53)36(42(5,6)7)38(51)44-32(24-29-17-11-9-12-18-29)26-34(49)33(25-30-19-13-10-14-20-30)45-37(50)35(41(2,3)4)46-39(52)54-8/h9-21,32-36,49H,22-27H2,1-8H3,(H,44,51)(H,45,50)(H,46,52)/t32-,33-,34-,35+,36+/m0/s1. The van der Waals surface area contributed by atoms with Crippen LogP contribution >= 0.6 is 0 Å². The lowest BCUT2D eigenvalue weighted by atomic mass is 9.84. The Labute approximate surface area is 320 Å². The minimum absolute atomic E-state index is 0.0962. The number of hydrogen-bond donors (Lipinski definition) is 4. The van der Waals surface area contributed by atoms with E-state index in [9.17, 15) is 24.3 Å². The molecule has 3 aromatic rings. The third-order valence-corrected chi connectivity index (χ3v) is 9.67. The van der Waals surface area contributed by atoms with E-state index in [1.54, 1.807) is 9.80 Å². The van der Waals surface area contributed by atoms with E-state index >= 15 is 0 Å². The van der Waals surface area contributed by atoms with Gasteiger partial charge in [0.05, 0.1) is 31.5 Å². The number of rotatable bonds is 15. The van der Waals surface area contributed by atoms with Crippen LogP contribution in [-0.4, -0.2) is 94.3 Å². The second-order valence-electron chi connectivity index (χ2n) is 16.4. The van der Waals surface area contributed by atoms with Crippen LogP contribution in [0, 0.1) is 17.8 Å². The maximum Gasteiger partial charge on any atom is 0.407 e. The van der Waals surface area contributed by atoms with Crippen molar-refractivity contribution in [3.63, 3.8) is 0 Å². The molecule has 5 amide bonds. The number of nitrogens with zero attached hydrogens (tertiary/aromatic N) is 3. The Morgan fingerprint density at radius 3 is 1.96 bits per heavy atom. The molecule has 292 valence electrons. The van der Waals surface area contributed by atoms with Crippen LogP contribution in [0.25, 0.3) is 0 Å². The first kappa shape index (κ1) is 41.8. The van der Waals surface area contributed by atoms with E-state index in [0.29, 0.717) is 32.5 Å². The normalized spacial score (nSPS) is 16.2. The predicted octanol–water partition coefficient (Wildman–Crippen LogP) is 5.02. The zero-order valence-corrected chi connectivity index (χ0v) is 33.0. The summed E-state index contributed by atoms with van der Waals surface area (Å²) < 4.78 is 4.79. The molecule has 0 aliphatic carbocycles. The number of nitrogens with one attached hydrogen (secondary N) is 3. The van der Waals surface area contributed by atoms with E-state index in [1.807, 2.05) is 127 Å². The summed E-state index contributed by atoms with van der Waals surface area (Å²) in [7, 11) is 1.24. The van der Waals surface area contributed by atoms with Crippen LogP contribution in [0.1, 0.15) is 70.5 Å². The third-order valence-electron chi connectivity index (χ3n) is 9.67. The van der Waals surface area contributed by atoms with Crippen molar-refractivity contribution in [1.29, 1.82) is 0 Å². The number of carbonyl (C=O) groups excluding carboxylic acids is 4. The summed E-state index contributed by atoms with van der Waals surface area (Å²) >= 11 is 0. The third kappa shape index (κ3) is 11.8. The molecule has 54 heavy (non-hydrogen) atoms. The maximum atomic E-state index is 14.4. The van der Waals surface area contributed by atoms with Crippen LogP contribution in [0.4, 0.5) is 9.59 Å². The highest BCUT2D eigenvalue weighted by Crippen LogP contribution is 2.29. The molecule has 4 rings (SSSR count). The van der Waals surface area contributed by atoms with Gasteiger partial charge in [-0.15, -0.1) is 0 Å². The van der Waals surface area contributed by atoms with Crippen molar-refractivity contribution in [2.75, 3.05) is 20.2 Å². The minimum Gasteiger partial charge on any atom is -0.453 e. The minimum atomic E-state index is -1.11. The maximum absolute atomic E-state index is 14.4. The Morgan fingerprint density at radius 2 is 1.41 bits per heavy atom. The Bertz CT molecular complexity index is 1710. The van der Waals surface area contributed by atoms with E-state index in [-0.39, 0.29) is 18.4 Å². The predicted molar refractivity (Wildman–Crippen MR) is 208 cm³/mol. The number of benzene rings is 2. The van der Waals surface area contributed by atoms with E-state index in [0.717, 1.165) is 22.5 Å². The second-order valence-corrected chi connectivity index (χ2v) is 16.4. The lowest BCUT2D eigenvalue weighted by molar-refractivity contribution is -0.130. The molecule has 2 heterocycles. The fraction of sp³-hybridized carbons (Fsp3) is 0.500. The van der Waals surface area contributed by atoms with E-state index in [1.165, 1.54) is 7.11 Å². The topological polar surface area (TPSA) is 153 Å². The second kappa shape index (κ2) is 18.4. The van der Waals surface area contributed by atoms with Gasteiger partial charge in [0, 0.05) is 24.8 Å². The van der Waals surface area contributed by atoms with Crippen LogP contribution in [0.5, 0.6) is 0 Å². The zero-order chi connectivity index (χ0) is 39.6. The largest absolute Gasteiger partial charge is 0.453 e. The molecule has 0 saturated carbocycles. The van der Waals surface area contributed by atoms with Gasteiger partial charge in [-0.25, -0.2) is 9.59 Å².